The summed E-state index contributed by atoms with van der Waals surface area (Å²) in [6.07, 6.45) is 0.0661. The van der Waals surface area contributed by atoms with Crippen LogP contribution < -0.4 is 0 Å². The smallest absolute Gasteiger partial charge is 0.407 e. The zero-order chi connectivity index (χ0) is 32.8. The molecule has 11 nitrogen and oxygen atoms in total. The van der Waals surface area contributed by atoms with Gasteiger partial charge >= 0.3 is 6.09 Å². The van der Waals surface area contributed by atoms with E-state index < -0.39 is 24.0 Å². The van der Waals surface area contributed by atoms with Crippen LogP contribution in [0.25, 0.3) is 33.5 Å². The Labute approximate surface area is 269 Å². The Morgan fingerprint density at radius 2 is 1.58 bits per heavy atom. The van der Waals surface area contributed by atoms with E-state index in [1.54, 1.807) is 6.07 Å². The topological polar surface area (TPSA) is 144 Å². The number of rotatable bonds is 15. The lowest BCUT2D eigenvalue weighted by Crippen LogP contribution is -2.32. The van der Waals surface area contributed by atoms with Crippen LogP contribution in [0, 0.1) is 0 Å². The first kappa shape index (κ1) is 34.5. The summed E-state index contributed by atoms with van der Waals surface area (Å²) in [5.74, 6) is 0. The molecule has 0 atom stereocenters. The number of aliphatic hydroxyl groups is 1. The van der Waals surface area contributed by atoms with Crippen molar-refractivity contribution in [2.75, 3.05) is 39.2 Å². The Morgan fingerprint density at radius 1 is 0.956 bits per heavy atom. The van der Waals surface area contributed by atoms with Crippen LogP contribution in [0.4, 0.5) is 4.79 Å². The van der Waals surface area contributed by atoms with Crippen molar-refractivity contribution in [3.63, 3.8) is 0 Å². The zero-order valence-electron chi connectivity index (χ0n) is 25.9. The molecule has 0 aliphatic rings. The molecule has 242 valence electrons. The number of fused-ring (bicyclic) bond motifs is 1. The second-order valence-corrected chi connectivity index (χ2v) is 19.9. The molecule has 0 aliphatic carbocycles. The lowest BCUT2D eigenvalue weighted by molar-refractivity contribution is 0.0697. The van der Waals surface area contributed by atoms with Crippen molar-refractivity contribution >= 4 is 46.8 Å². The maximum absolute atomic E-state index is 12.6. The lowest BCUT2D eigenvalue weighted by Gasteiger charge is -2.19. The average Bonchev–Trinajstić information content (AvgIpc) is 3.34. The van der Waals surface area contributed by atoms with Gasteiger partial charge in [0.05, 0.1) is 36.1 Å². The molecular weight excluding hydrogens is 636 g/mol. The molecule has 0 bridgehead atoms. The summed E-state index contributed by atoms with van der Waals surface area (Å²) in [5.41, 5.74) is 4.68. The number of imidazole rings is 1. The number of aromatic nitrogens is 3. The van der Waals surface area contributed by atoms with Gasteiger partial charge in [0.1, 0.15) is 6.73 Å². The van der Waals surface area contributed by atoms with Gasteiger partial charge in [-0.2, -0.15) is 4.98 Å². The molecule has 1 amide bonds. The maximum atomic E-state index is 12.6. The van der Waals surface area contributed by atoms with Gasteiger partial charge in [0.15, 0.2) is 5.65 Å². The van der Waals surface area contributed by atoms with Gasteiger partial charge in [0.25, 0.3) is 0 Å². The van der Waals surface area contributed by atoms with E-state index in [4.69, 9.17) is 26.2 Å². The summed E-state index contributed by atoms with van der Waals surface area (Å²) in [4.78, 5) is 21.9. The van der Waals surface area contributed by atoms with Crippen LogP contribution in [0.1, 0.15) is 5.56 Å². The van der Waals surface area contributed by atoms with Crippen molar-refractivity contribution in [3.05, 3.63) is 65.2 Å². The molecule has 0 fully saturated rings. The van der Waals surface area contributed by atoms with Gasteiger partial charge in [-0.05, 0) is 28.8 Å². The Morgan fingerprint density at radius 3 is 2.16 bits per heavy atom. The van der Waals surface area contributed by atoms with E-state index in [9.17, 15) is 18.3 Å². The highest BCUT2D eigenvalue weighted by atomic mass is 35.5. The third-order valence-electron chi connectivity index (χ3n) is 7.04. The Bertz CT molecular complexity index is 1720. The van der Waals surface area contributed by atoms with Crippen LogP contribution in [-0.2, 0) is 32.6 Å². The normalized spacial score (nSPS) is 12.1. The number of amides is 1. The van der Waals surface area contributed by atoms with Crippen LogP contribution in [0.15, 0.2) is 59.8 Å². The third-order valence-corrected chi connectivity index (χ3v) is 10.0. The highest BCUT2D eigenvalue weighted by Gasteiger charge is 2.23. The molecule has 4 rings (SSSR count). The predicted octanol–water partition coefficient (Wildman–Crippen LogP) is 5.62. The van der Waals surface area contributed by atoms with Gasteiger partial charge in [-0.3, -0.25) is 4.57 Å². The summed E-state index contributed by atoms with van der Waals surface area (Å²) in [5, 5.41) is 18.6. The van der Waals surface area contributed by atoms with E-state index >= 15 is 0 Å². The van der Waals surface area contributed by atoms with E-state index in [2.05, 4.69) is 29.6 Å². The fourth-order valence-corrected chi connectivity index (χ4v) is 6.39. The molecule has 0 saturated heterocycles. The number of benzene rings is 2. The molecule has 14 heteroatoms. The summed E-state index contributed by atoms with van der Waals surface area (Å²) in [6.45, 7) is 7.97. The summed E-state index contributed by atoms with van der Waals surface area (Å²) in [6, 6.07) is 17.9. The largest absolute Gasteiger partial charge is 0.465 e. The first-order valence-corrected chi connectivity index (χ1v) is 20.5. The Hall–Kier alpha value is -3.33. The quantitative estimate of drug-likeness (QED) is 0.121. The predicted molar refractivity (Wildman–Crippen MR) is 177 cm³/mol. The van der Waals surface area contributed by atoms with Crippen LogP contribution in [0.5, 0.6) is 0 Å². The lowest BCUT2D eigenvalue weighted by atomic mass is 10.0. The molecule has 0 radical (unpaired) electrons. The van der Waals surface area contributed by atoms with Crippen LogP contribution >= 0.6 is 11.6 Å². The van der Waals surface area contributed by atoms with Gasteiger partial charge < -0.3 is 24.6 Å². The molecule has 2 N–H and O–H groups in total. The van der Waals surface area contributed by atoms with Crippen molar-refractivity contribution < 1.29 is 32.9 Å². The number of hydrogen-bond donors (Lipinski definition) is 2. The minimum atomic E-state index is -3.66. The monoisotopic (exact) mass is 674 g/mol. The van der Waals surface area contributed by atoms with Crippen LogP contribution in [0.3, 0.4) is 0 Å². The number of carboxylic acid groups (broad SMARTS) is 1. The molecule has 2 aromatic heterocycles. The molecule has 0 unspecified atom stereocenters. The van der Waals surface area contributed by atoms with E-state index in [-0.39, 0.29) is 50.4 Å². The maximum Gasteiger partial charge on any atom is 0.407 e. The molecule has 2 aromatic carbocycles. The van der Waals surface area contributed by atoms with Crippen molar-refractivity contribution in [3.8, 4) is 22.4 Å². The van der Waals surface area contributed by atoms with Gasteiger partial charge in [0, 0.05) is 39.6 Å². The molecule has 0 saturated carbocycles. The van der Waals surface area contributed by atoms with Gasteiger partial charge in [-0.15, -0.1) is 0 Å². The Balaban J connectivity index is 1.52. The molecule has 4 aromatic rings. The number of ether oxygens (including phenoxy) is 2. The van der Waals surface area contributed by atoms with Crippen molar-refractivity contribution in [2.45, 2.75) is 44.1 Å². The van der Waals surface area contributed by atoms with Crippen molar-refractivity contribution in [1.29, 1.82) is 0 Å². The molecule has 0 aliphatic heterocycles. The third kappa shape index (κ3) is 9.34. The number of halogens is 1. The number of sulfone groups is 1. The standard InChI is InChI=1S/C31H39ClN4O7SSi/c1-44(40,41)30-34-29-27(36(30)21-43-17-18-45(2,3)4)19-26(32)28(33-29)25-11-9-24(10-12-25)23-7-5-22(6-8-23)20-35(31(38)39)13-15-42-16-14-37/h5-12,19,37H,13-18,20-21H2,1-4H3,(H,38,39). The fourth-order valence-electron chi connectivity index (χ4n) is 4.58. The van der Waals surface area contributed by atoms with E-state index in [0.717, 1.165) is 34.6 Å². The minimum Gasteiger partial charge on any atom is -0.465 e. The molecular formula is C31H39ClN4O7SSi. The molecule has 45 heavy (non-hydrogen) atoms. The van der Waals surface area contributed by atoms with E-state index in [1.807, 2.05) is 48.5 Å². The second kappa shape index (κ2) is 14.8. The number of pyridine rings is 1. The summed E-state index contributed by atoms with van der Waals surface area (Å²) in [7, 11) is -4.97. The molecule has 2 heterocycles. The first-order valence-electron chi connectivity index (χ1n) is 14.5. The first-order chi connectivity index (χ1) is 21.3. The number of carbonyl (C=O) groups is 1. The zero-order valence-corrected chi connectivity index (χ0v) is 28.4. The highest BCUT2D eigenvalue weighted by Crippen LogP contribution is 2.32. The Kier molecular flexibility index (Phi) is 11.4. The summed E-state index contributed by atoms with van der Waals surface area (Å²) >= 11 is 6.69. The SMILES string of the molecule is C[Si](C)(C)CCOCn1c(S(C)(=O)=O)nc2nc(-c3ccc(-c4ccc(CN(CCOCCO)C(=O)O)cc4)cc3)c(Cl)cc21. The second-order valence-electron chi connectivity index (χ2n) is 11.9. The van der Waals surface area contributed by atoms with Crippen molar-refractivity contribution in [1.82, 2.24) is 19.4 Å². The minimum absolute atomic E-state index is 0.0294. The number of aliphatic hydroxyl groups excluding tert-OH is 1. The van der Waals surface area contributed by atoms with Crippen LogP contribution in [0.2, 0.25) is 30.7 Å². The van der Waals surface area contributed by atoms with Gasteiger partial charge in [0.2, 0.25) is 15.0 Å². The van der Waals surface area contributed by atoms with Gasteiger partial charge in [-0.1, -0.05) is 79.8 Å². The number of hydrogen-bond acceptors (Lipinski definition) is 8. The van der Waals surface area contributed by atoms with Gasteiger partial charge in [-0.25, -0.2) is 18.2 Å². The summed E-state index contributed by atoms with van der Waals surface area (Å²) < 4.78 is 37.7. The van der Waals surface area contributed by atoms with E-state index in [1.165, 1.54) is 9.47 Å². The van der Waals surface area contributed by atoms with Crippen LogP contribution in [-0.4, -0.2) is 91.5 Å². The fraction of sp³-hybridized carbons (Fsp3) is 0.387. The average molecular weight is 675 g/mol. The van der Waals surface area contributed by atoms with Crippen molar-refractivity contribution in [2.24, 2.45) is 0 Å². The molecule has 0 spiro atoms. The number of nitrogens with zero attached hydrogens (tertiary/aromatic N) is 4. The van der Waals surface area contributed by atoms with E-state index in [0.29, 0.717) is 22.8 Å². The highest BCUT2D eigenvalue weighted by molar-refractivity contribution is 7.90.